The molecular weight excluding hydrogens is 327 g/mol. The van der Waals surface area contributed by atoms with Crippen LogP contribution in [0.15, 0.2) is 35.3 Å². The molecule has 1 aliphatic carbocycles. The Morgan fingerprint density at radius 3 is 2.72 bits per heavy atom. The Balaban J connectivity index is 1.79. The molecule has 0 bridgehead atoms. The van der Waals surface area contributed by atoms with Crippen molar-refractivity contribution in [1.82, 2.24) is 14.9 Å². The molecule has 7 nitrogen and oxygen atoms in total. The maximum atomic E-state index is 13.6. The van der Waals surface area contributed by atoms with E-state index in [0.717, 1.165) is 17.4 Å². The van der Waals surface area contributed by atoms with Gasteiger partial charge in [-0.15, -0.1) is 0 Å². The molecule has 2 aromatic rings. The molecule has 0 aliphatic heterocycles. The predicted octanol–water partition coefficient (Wildman–Crippen LogP) is 1.22. The lowest BCUT2D eigenvalue weighted by atomic mass is 10.3. The summed E-state index contributed by atoms with van der Waals surface area (Å²) in [5, 5.41) is 5.12. The Bertz CT molecular complexity index is 890. The number of carbonyl (C=O) groups is 2. The summed E-state index contributed by atoms with van der Waals surface area (Å²) in [5.74, 6) is -1.37. The molecule has 0 spiro atoms. The van der Waals surface area contributed by atoms with E-state index in [9.17, 15) is 18.8 Å². The van der Waals surface area contributed by atoms with Crippen molar-refractivity contribution in [3.8, 4) is 0 Å². The third-order valence-corrected chi connectivity index (χ3v) is 3.85. The van der Waals surface area contributed by atoms with E-state index >= 15 is 0 Å². The number of nitrogens with one attached hydrogen (secondary N) is 2. The van der Waals surface area contributed by atoms with Crippen molar-refractivity contribution in [2.75, 3.05) is 5.32 Å². The number of hydrogen-bond donors (Lipinski definition) is 2. The summed E-state index contributed by atoms with van der Waals surface area (Å²) in [7, 11) is 0. The van der Waals surface area contributed by atoms with Gasteiger partial charge in [-0.3, -0.25) is 19.0 Å². The van der Waals surface area contributed by atoms with Gasteiger partial charge in [0.15, 0.2) is 0 Å². The first-order valence-electron chi connectivity index (χ1n) is 7.87. The van der Waals surface area contributed by atoms with Crippen LogP contribution >= 0.6 is 0 Å². The third-order valence-electron chi connectivity index (χ3n) is 3.85. The smallest absolute Gasteiger partial charge is 0.266 e. The van der Waals surface area contributed by atoms with E-state index in [4.69, 9.17) is 0 Å². The number of rotatable bonds is 5. The Hall–Kier alpha value is -3.03. The molecule has 1 saturated carbocycles. The molecule has 1 fully saturated rings. The zero-order valence-electron chi connectivity index (χ0n) is 13.6. The fourth-order valence-electron chi connectivity index (χ4n) is 2.30. The summed E-state index contributed by atoms with van der Waals surface area (Å²) in [6.07, 6.45) is 3.00. The molecule has 1 aliphatic rings. The van der Waals surface area contributed by atoms with Crippen LogP contribution in [0.5, 0.6) is 0 Å². The third kappa shape index (κ3) is 3.90. The SMILES string of the molecule is Cc1ncc(C(=O)NC2CC2)c(=O)n1CC(=O)Nc1ccccc1F. The fourth-order valence-corrected chi connectivity index (χ4v) is 2.30. The highest BCUT2D eigenvalue weighted by atomic mass is 19.1. The molecule has 0 radical (unpaired) electrons. The van der Waals surface area contributed by atoms with Crippen molar-refractivity contribution in [2.45, 2.75) is 32.4 Å². The molecule has 0 atom stereocenters. The van der Waals surface area contributed by atoms with Gasteiger partial charge in [0.2, 0.25) is 5.91 Å². The largest absolute Gasteiger partial charge is 0.349 e. The van der Waals surface area contributed by atoms with Gasteiger partial charge in [-0.25, -0.2) is 9.37 Å². The van der Waals surface area contributed by atoms with E-state index in [1.165, 1.54) is 24.4 Å². The molecule has 8 heteroatoms. The highest BCUT2D eigenvalue weighted by Gasteiger charge is 2.26. The van der Waals surface area contributed by atoms with Gasteiger partial charge < -0.3 is 10.6 Å². The van der Waals surface area contributed by atoms with Crippen molar-refractivity contribution in [3.05, 3.63) is 58.0 Å². The van der Waals surface area contributed by atoms with E-state index in [1.807, 2.05) is 0 Å². The van der Waals surface area contributed by atoms with Crippen LogP contribution in [0.2, 0.25) is 0 Å². The number of benzene rings is 1. The van der Waals surface area contributed by atoms with Crippen LogP contribution in [-0.2, 0) is 11.3 Å². The number of carbonyl (C=O) groups excluding carboxylic acids is 2. The van der Waals surface area contributed by atoms with E-state index in [2.05, 4.69) is 15.6 Å². The topological polar surface area (TPSA) is 93.1 Å². The Morgan fingerprint density at radius 2 is 2.04 bits per heavy atom. The first-order chi connectivity index (χ1) is 12.0. The molecule has 1 aromatic heterocycles. The van der Waals surface area contributed by atoms with Gasteiger partial charge in [0, 0.05) is 12.2 Å². The van der Waals surface area contributed by atoms with Crippen LogP contribution < -0.4 is 16.2 Å². The van der Waals surface area contributed by atoms with Gasteiger partial charge in [0.1, 0.15) is 23.7 Å². The summed E-state index contributed by atoms with van der Waals surface area (Å²) in [4.78, 5) is 40.7. The molecule has 2 N–H and O–H groups in total. The number of anilines is 1. The molecule has 1 heterocycles. The highest BCUT2D eigenvalue weighted by molar-refractivity contribution is 5.94. The van der Waals surface area contributed by atoms with Gasteiger partial charge in [0.25, 0.3) is 11.5 Å². The van der Waals surface area contributed by atoms with Crippen molar-refractivity contribution < 1.29 is 14.0 Å². The number of aryl methyl sites for hydroxylation is 1. The van der Waals surface area contributed by atoms with Crippen molar-refractivity contribution >= 4 is 17.5 Å². The van der Waals surface area contributed by atoms with Crippen LogP contribution in [0, 0.1) is 12.7 Å². The summed E-state index contributed by atoms with van der Waals surface area (Å²) < 4.78 is 14.7. The lowest BCUT2D eigenvalue weighted by molar-refractivity contribution is -0.116. The number of para-hydroxylation sites is 1. The molecule has 25 heavy (non-hydrogen) atoms. The second-order valence-electron chi connectivity index (χ2n) is 5.89. The number of halogens is 1. The van der Waals surface area contributed by atoms with Crippen LogP contribution in [0.1, 0.15) is 29.0 Å². The number of aromatic nitrogens is 2. The maximum absolute atomic E-state index is 13.6. The Labute approximate surface area is 142 Å². The molecule has 3 rings (SSSR count). The van der Waals surface area contributed by atoms with E-state index in [-0.39, 0.29) is 29.7 Å². The van der Waals surface area contributed by atoms with E-state index < -0.39 is 23.2 Å². The standard InChI is InChI=1S/C17H17FN4O3/c1-10-19-8-12(16(24)20-11-6-7-11)17(25)22(10)9-15(23)21-14-5-3-2-4-13(14)18/h2-5,8,11H,6-7,9H2,1H3,(H,20,24)(H,21,23). The molecule has 0 unspecified atom stereocenters. The lowest BCUT2D eigenvalue weighted by Gasteiger charge is -2.12. The van der Waals surface area contributed by atoms with Crippen molar-refractivity contribution in [1.29, 1.82) is 0 Å². The molecular formula is C17H17FN4O3. The second-order valence-corrected chi connectivity index (χ2v) is 5.89. The monoisotopic (exact) mass is 344 g/mol. The van der Waals surface area contributed by atoms with Gasteiger partial charge in [-0.05, 0) is 31.9 Å². The lowest BCUT2D eigenvalue weighted by Crippen LogP contribution is -2.37. The van der Waals surface area contributed by atoms with Crippen LogP contribution in [0.4, 0.5) is 10.1 Å². The summed E-state index contributed by atoms with van der Waals surface area (Å²) in [5.41, 5.74) is -0.695. The van der Waals surface area contributed by atoms with Crippen LogP contribution in [-0.4, -0.2) is 27.4 Å². The minimum atomic E-state index is -0.602. The molecule has 130 valence electrons. The summed E-state index contributed by atoms with van der Waals surface area (Å²) >= 11 is 0. The predicted molar refractivity (Wildman–Crippen MR) is 88.8 cm³/mol. The van der Waals surface area contributed by atoms with Gasteiger partial charge in [-0.1, -0.05) is 12.1 Å². The van der Waals surface area contributed by atoms with Crippen molar-refractivity contribution in [3.63, 3.8) is 0 Å². The number of nitrogens with zero attached hydrogens (tertiary/aromatic N) is 2. The second kappa shape index (κ2) is 6.84. The van der Waals surface area contributed by atoms with Crippen LogP contribution in [0.25, 0.3) is 0 Å². The van der Waals surface area contributed by atoms with Gasteiger partial charge in [-0.2, -0.15) is 0 Å². The quantitative estimate of drug-likeness (QED) is 0.853. The first kappa shape index (κ1) is 16.8. The Kier molecular flexibility index (Phi) is 4.60. The van der Waals surface area contributed by atoms with Gasteiger partial charge >= 0.3 is 0 Å². The molecule has 1 aromatic carbocycles. The number of hydrogen-bond acceptors (Lipinski definition) is 4. The summed E-state index contributed by atoms with van der Waals surface area (Å²) in [6, 6.07) is 5.83. The highest BCUT2D eigenvalue weighted by Crippen LogP contribution is 2.18. The first-order valence-corrected chi connectivity index (χ1v) is 7.87. The Morgan fingerprint density at radius 1 is 1.32 bits per heavy atom. The zero-order chi connectivity index (χ0) is 18.0. The van der Waals surface area contributed by atoms with Gasteiger partial charge in [0.05, 0.1) is 5.69 Å². The summed E-state index contributed by atoms with van der Waals surface area (Å²) in [6.45, 7) is 1.19. The average molecular weight is 344 g/mol. The molecule has 0 saturated heterocycles. The van der Waals surface area contributed by atoms with E-state index in [0.29, 0.717) is 0 Å². The minimum absolute atomic E-state index is 0.0220. The average Bonchev–Trinajstić information content (AvgIpc) is 3.37. The molecule has 2 amide bonds. The number of amides is 2. The van der Waals surface area contributed by atoms with E-state index in [1.54, 1.807) is 13.0 Å². The zero-order valence-corrected chi connectivity index (χ0v) is 13.6. The maximum Gasteiger partial charge on any atom is 0.266 e. The normalized spacial score (nSPS) is 13.4. The minimum Gasteiger partial charge on any atom is -0.349 e. The fraction of sp³-hybridized carbons (Fsp3) is 0.294. The van der Waals surface area contributed by atoms with Crippen LogP contribution in [0.3, 0.4) is 0 Å². The van der Waals surface area contributed by atoms with Crippen molar-refractivity contribution in [2.24, 2.45) is 0 Å².